The molecule has 11 heteroatoms. The van der Waals surface area contributed by atoms with Gasteiger partial charge in [0.1, 0.15) is 11.8 Å². The molecule has 0 heterocycles. The van der Waals surface area contributed by atoms with E-state index in [0.29, 0.717) is 5.56 Å². The van der Waals surface area contributed by atoms with Crippen LogP contribution >= 0.6 is 0 Å². The van der Waals surface area contributed by atoms with E-state index >= 15 is 0 Å². The molecule has 0 spiro atoms. The third-order valence-electron chi connectivity index (χ3n) is 4.56. The van der Waals surface area contributed by atoms with Crippen LogP contribution in [0.2, 0.25) is 0 Å². The monoisotopic (exact) mass is 458 g/mol. The number of nitro benzene ring substituents is 1. The van der Waals surface area contributed by atoms with Crippen LogP contribution in [0.4, 0.5) is 5.69 Å². The number of amides is 1. The first-order valence-corrected chi connectivity index (χ1v) is 9.84. The van der Waals surface area contributed by atoms with Crippen LogP contribution in [0.15, 0.2) is 48.5 Å². The van der Waals surface area contributed by atoms with Crippen LogP contribution in [0.5, 0.6) is 5.75 Å². The maximum Gasteiger partial charge on any atom is 0.326 e. The first-order chi connectivity index (χ1) is 15.6. The molecule has 0 aromatic heterocycles. The van der Waals surface area contributed by atoms with E-state index in [1.807, 2.05) is 0 Å². The summed E-state index contributed by atoms with van der Waals surface area (Å²) < 4.78 is 9.82. The Hall–Kier alpha value is -4.28. The normalized spacial score (nSPS) is 12.2. The van der Waals surface area contributed by atoms with Crippen molar-refractivity contribution in [2.75, 3.05) is 6.61 Å². The van der Waals surface area contributed by atoms with Gasteiger partial charge in [0.05, 0.1) is 18.0 Å². The summed E-state index contributed by atoms with van der Waals surface area (Å²) in [7, 11) is 0. The first-order valence-electron chi connectivity index (χ1n) is 9.84. The van der Waals surface area contributed by atoms with Crippen molar-refractivity contribution in [2.24, 2.45) is 0 Å². The predicted octanol–water partition coefficient (Wildman–Crippen LogP) is 2.44. The van der Waals surface area contributed by atoms with Gasteiger partial charge >= 0.3 is 17.9 Å². The lowest BCUT2D eigenvalue weighted by atomic mass is 9.88. The van der Waals surface area contributed by atoms with Gasteiger partial charge in [-0.25, -0.2) is 4.79 Å². The number of hydrogen-bond acceptors (Lipinski definition) is 8. The molecule has 33 heavy (non-hydrogen) atoms. The Bertz CT molecular complexity index is 1030. The summed E-state index contributed by atoms with van der Waals surface area (Å²) in [6.45, 7) is 2.89. The number of nitro groups is 1. The van der Waals surface area contributed by atoms with Crippen LogP contribution in [-0.2, 0) is 19.1 Å². The number of hydrogen-bond donors (Lipinski definition) is 2. The Labute approximate surface area is 188 Å². The van der Waals surface area contributed by atoms with Crippen molar-refractivity contribution in [1.29, 1.82) is 0 Å². The highest BCUT2D eigenvalue weighted by atomic mass is 16.6. The molecule has 11 nitrogen and oxygen atoms in total. The van der Waals surface area contributed by atoms with E-state index in [4.69, 9.17) is 9.47 Å². The number of nitrogens with one attached hydrogen (secondary N) is 1. The van der Waals surface area contributed by atoms with Gasteiger partial charge < -0.3 is 19.9 Å². The molecule has 2 aromatic rings. The van der Waals surface area contributed by atoms with E-state index in [9.17, 15) is 34.4 Å². The fourth-order valence-electron chi connectivity index (χ4n) is 3.07. The molecule has 1 amide bonds. The Morgan fingerprint density at radius 2 is 1.67 bits per heavy atom. The Morgan fingerprint density at radius 3 is 2.15 bits per heavy atom. The van der Waals surface area contributed by atoms with E-state index in [0.717, 1.165) is 0 Å². The van der Waals surface area contributed by atoms with Gasteiger partial charge in [-0.1, -0.05) is 12.1 Å². The van der Waals surface area contributed by atoms with Gasteiger partial charge in [0.25, 0.3) is 11.6 Å². The highest BCUT2D eigenvalue weighted by Gasteiger charge is 2.33. The molecular weight excluding hydrogens is 436 g/mol. The van der Waals surface area contributed by atoms with Crippen molar-refractivity contribution >= 4 is 29.5 Å². The van der Waals surface area contributed by atoms with Gasteiger partial charge in [-0.2, -0.15) is 0 Å². The number of carboxylic acid groups (broad SMARTS) is 1. The number of esters is 2. The topological polar surface area (TPSA) is 162 Å². The molecule has 2 aromatic carbocycles. The van der Waals surface area contributed by atoms with Gasteiger partial charge in [0.2, 0.25) is 0 Å². The lowest BCUT2D eigenvalue weighted by Crippen LogP contribution is -2.45. The molecule has 0 saturated carbocycles. The molecule has 174 valence electrons. The zero-order chi connectivity index (χ0) is 24.5. The molecule has 0 saturated heterocycles. The van der Waals surface area contributed by atoms with Gasteiger partial charge in [0, 0.05) is 30.5 Å². The second-order valence-electron chi connectivity index (χ2n) is 6.87. The first kappa shape index (κ1) is 25.0. The number of carbonyl (C=O) groups is 4. The molecule has 0 unspecified atom stereocenters. The number of aliphatic carboxylic acids is 1. The Morgan fingerprint density at radius 1 is 1.06 bits per heavy atom. The standard InChI is InChI=1S/C22H22N2O9/c1-3-32-19(26)12-18(14-4-8-16(9-5-14)24(30)31)20(22(28)29)23-21(27)15-6-10-17(11-7-15)33-13(2)25/h4-11,18,20H,3,12H2,1-2H3,(H,23,27)(H,28,29)/t18-,20-/m1/s1. The quantitative estimate of drug-likeness (QED) is 0.236. The summed E-state index contributed by atoms with van der Waals surface area (Å²) in [5.74, 6) is -4.23. The Kier molecular flexibility index (Phi) is 8.61. The molecule has 0 aliphatic heterocycles. The van der Waals surface area contributed by atoms with Gasteiger partial charge in [0.15, 0.2) is 0 Å². The molecule has 0 aliphatic rings. The fourth-order valence-corrected chi connectivity index (χ4v) is 3.07. The van der Waals surface area contributed by atoms with Crippen LogP contribution in [0.25, 0.3) is 0 Å². The molecular formula is C22H22N2O9. The van der Waals surface area contributed by atoms with E-state index in [1.54, 1.807) is 6.92 Å². The highest BCUT2D eigenvalue weighted by molar-refractivity contribution is 5.97. The fraction of sp³-hybridized carbons (Fsp3) is 0.273. The predicted molar refractivity (Wildman–Crippen MR) is 114 cm³/mol. The van der Waals surface area contributed by atoms with Crippen molar-refractivity contribution < 1.29 is 38.7 Å². The highest BCUT2D eigenvalue weighted by Crippen LogP contribution is 2.27. The van der Waals surface area contributed by atoms with E-state index in [1.165, 1.54) is 55.5 Å². The van der Waals surface area contributed by atoms with Gasteiger partial charge in [-0.3, -0.25) is 24.5 Å². The molecule has 2 rings (SSSR count). The third-order valence-corrected chi connectivity index (χ3v) is 4.56. The van der Waals surface area contributed by atoms with Crippen LogP contribution in [-0.4, -0.2) is 46.5 Å². The summed E-state index contributed by atoms with van der Waals surface area (Å²) in [5.41, 5.74) is 0.180. The maximum absolute atomic E-state index is 12.7. The average Bonchev–Trinajstić information content (AvgIpc) is 2.76. The van der Waals surface area contributed by atoms with Crippen molar-refractivity contribution in [3.63, 3.8) is 0 Å². The molecule has 0 radical (unpaired) electrons. The molecule has 0 aliphatic carbocycles. The maximum atomic E-state index is 12.7. The second kappa shape index (κ2) is 11.4. The third kappa shape index (κ3) is 7.13. The van der Waals surface area contributed by atoms with Gasteiger partial charge in [-0.05, 0) is 36.8 Å². The van der Waals surface area contributed by atoms with Crippen molar-refractivity contribution in [3.8, 4) is 5.75 Å². The summed E-state index contributed by atoms with van der Waals surface area (Å²) >= 11 is 0. The minimum Gasteiger partial charge on any atom is -0.480 e. The van der Waals surface area contributed by atoms with Crippen LogP contribution in [0.3, 0.4) is 0 Å². The second-order valence-corrected chi connectivity index (χ2v) is 6.87. The van der Waals surface area contributed by atoms with Crippen molar-refractivity contribution in [2.45, 2.75) is 32.2 Å². The van der Waals surface area contributed by atoms with Crippen molar-refractivity contribution in [3.05, 3.63) is 69.8 Å². The number of benzene rings is 2. The van der Waals surface area contributed by atoms with E-state index < -0.39 is 40.7 Å². The largest absolute Gasteiger partial charge is 0.480 e. The van der Waals surface area contributed by atoms with E-state index in [2.05, 4.69) is 5.32 Å². The average molecular weight is 458 g/mol. The number of ether oxygens (including phenoxy) is 2. The number of carboxylic acids is 1. The number of carbonyl (C=O) groups excluding carboxylic acids is 3. The number of non-ortho nitro benzene ring substituents is 1. The molecule has 2 atom stereocenters. The number of rotatable bonds is 10. The van der Waals surface area contributed by atoms with Crippen LogP contribution in [0, 0.1) is 10.1 Å². The van der Waals surface area contributed by atoms with Gasteiger partial charge in [-0.15, -0.1) is 0 Å². The minimum atomic E-state index is -1.54. The zero-order valence-corrected chi connectivity index (χ0v) is 17.8. The lowest BCUT2D eigenvalue weighted by Gasteiger charge is -2.25. The van der Waals surface area contributed by atoms with Crippen LogP contribution in [0.1, 0.15) is 42.1 Å². The Balaban J connectivity index is 2.32. The summed E-state index contributed by atoms with van der Waals surface area (Å²) in [5, 5.41) is 23.1. The smallest absolute Gasteiger partial charge is 0.326 e. The SMILES string of the molecule is CCOC(=O)C[C@H](c1ccc([N+](=O)[O-])cc1)[C@@H](NC(=O)c1ccc(OC(C)=O)cc1)C(=O)O. The number of nitrogens with zero attached hydrogens (tertiary/aromatic N) is 1. The zero-order valence-electron chi connectivity index (χ0n) is 17.8. The summed E-state index contributed by atoms with van der Waals surface area (Å²) in [4.78, 5) is 58.2. The molecule has 0 fully saturated rings. The molecule has 0 bridgehead atoms. The molecule has 2 N–H and O–H groups in total. The summed E-state index contributed by atoms with van der Waals surface area (Å²) in [6.07, 6.45) is -0.381. The van der Waals surface area contributed by atoms with Crippen LogP contribution < -0.4 is 10.1 Å². The van der Waals surface area contributed by atoms with Crippen molar-refractivity contribution in [1.82, 2.24) is 5.32 Å². The summed E-state index contributed by atoms with van der Waals surface area (Å²) in [6, 6.07) is 8.92. The minimum absolute atomic E-state index is 0.0740. The van der Waals surface area contributed by atoms with E-state index in [-0.39, 0.29) is 30.0 Å². The lowest BCUT2D eigenvalue weighted by molar-refractivity contribution is -0.384.